The fourth-order valence-electron chi connectivity index (χ4n) is 2.17. The van der Waals surface area contributed by atoms with E-state index >= 15 is 0 Å². The van der Waals surface area contributed by atoms with Crippen LogP contribution in [0.4, 0.5) is 5.69 Å². The van der Waals surface area contributed by atoms with Gasteiger partial charge in [-0.05, 0) is 30.9 Å². The highest BCUT2D eigenvalue weighted by atomic mass is 16.1. The molecular formula is C12H17N3O. The normalized spacial score (nSPS) is 20.8. The second kappa shape index (κ2) is 4.51. The monoisotopic (exact) mass is 219 g/mol. The first-order valence-corrected chi connectivity index (χ1v) is 5.67. The van der Waals surface area contributed by atoms with Gasteiger partial charge in [-0.25, -0.2) is 0 Å². The Morgan fingerprint density at radius 1 is 1.62 bits per heavy atom. The molecule has 86 valence electrons. The summed E-state index contributed by atoms with van der Waals surface area (Å²) in [4.78, 5) is 17.3. The molecule has 1 fully saturated rings. The van der Waals surface area contributed by atoms with E-state index in [1.807, 2.05) is 6.07 Å². The zero-order valence-corrected chi connectivity index (χ0v) is 9.52. The molecule has 16 heavy (non-hydrogen) atoms. The van der Waals surface area contributed by atoms with Gasteiger partial charge in [-0.2, -0.15) is 0 Å². The minimum Gasteiger partial charge on any atom is -0.371 e. The molecule has 2 rings (SSSR count). The maximum absolute atomic E-state index is 11.0. The number of aromatic nitrogens is 1. The zero-order valence-electron chi connectivity index (χ0n) is 9.52. The molecule has 0 bridgehead atoms. The molecular weight excluding hydrogens is 202 g/mol. The summed E-state index contributed by atoms with van der Waals surface area (Å²) in [5.41, 5.74) is 6.61. The van der Waals surface area contributed by atoms with Crippen molar-refractivity contribution in [2.45, 2.75) is 19.8 Å². The van der Waals surface area contributed by atoms with E-state index < -0.39 is 5.91 Å². The highest BCUT2D eigenvalue weighted by Crippen LogP contribution is 2.22. The number of piperidine rings is 1. The molecule has 4 nitrogen and oxygen atoms in total. The summed E-state index contributed by atoms with van der Waals surface area (Å²) in [5.74, 6) is 0.242. The summed E-state index contributed by atoms with van der Waals surface area (Å²) in [5, 5.41) is 0. The summed E-state index contributed by atoms with van der Waals surface area (Å²) in [6.45, 7) is 4.34. The molecule has 1 saturated heterocycles. The van der Waals surface area contributed by atoms with Crippen molar-refractivity contribution in [2.75, 3.05) is 18.0 Å². The van der Waals surface area contributed by atoms with E-state index in [4.69, 9.17) is 5.73 Å². The van der Waals surface area contributed by atoms with Crippen LogP contribution in [0.3, 0.4) is 0 Å². The molecule has 1 aliphatic heterocycles. The third kappa shape index (κ3) is 2.32. The lowest BCUT2D eigenvalue weighted by Gasteiger charge is -2.32. The SMILES string of the molecule is CC1CCCN(c2ccnc(C(N)=O)c2)C1. The van der Waals surface area contributed by atoms with Gasteiger partial charge < -0.3 is 10.6 Å². The van der Waals surface area contributed by atoms with Crippen molar-refractivity contribution in [1.29, 1.82) is 0 Å². The van der Waals surface area contributed by atoms with E-state index in [1.165, 1.54) is 12.8 Å². The molecule has 1 atom stereocenters. The molecule has 0 aromatic carbocycles. The molecule has 1 aromatic rings. The first kappa shape index (κ1) is 10.9. The van der Waals surface area contributed by atoms with E-state index in [-0.39, 0.29) is 0 Å². The molecule has 4 heteroatoms. The minimum atomic E-state index is -0.466. The standard InChI is InChI=1S/C12H17N3O/c1-9-3-2-6-15(8-9)10-4-5-14-11(7-10)12(13)16/h4-5,7,9H,2-3,6,8H2,1H3,(H2,13,16). The summed E-state index contributed by atoms with van der Waals surface area (Å²) in [6.07, 6.45) is 4.13. The average Bonchev–Trinajstić information content (AvgIpc) is 2.29. The van der Waals surface area contributed by atoms with Crippen LogP contribution < -0.4 is 10.6 Å². The summed E-state index contributed by atoms with van der Waals surface area (Å²) in [7, 11) is 0. The lowest BCUT2D eigenvalue weighted by Crippen LogP contribution is -2.34. The number of carbonyl (C=O) groups excluding carboxylic acids is 1. The smallest absolute Gasteiger partial charge is 0.267 e. The molecule has 2 heterocycles. The summed E-state index contributed by atoms with van der Waals surface area (Å²) >= 11 is 0. The lowest BCUT2D eigenvalue weighted by atomic mass is 10.00. The number of hydrogen-bond acceptors (Lipinski definition) is 3. The maximum Gasteiger partial charge on any atom is 0.267 e. The van der Waals surface area contributed by atoms with E-state index in [0.29, 0.717) is 11.6 Å². The van der Waals surface area contributed by atoms with Crippen LogP contribution >= 0.6 is 0 Å². The van der Waals surface area contributed by atoms with Crippen LogP contribution in [0.25, 0.3) is 0 Å². The van der Waals surface area contributed by atoms with Crippen molar-refractivity contribution >= 4 is 11.6 Å². The van der Waals surface area contributed by atoms with Gasteiger partial charge in [-0.15, -0.1) is 0 Å². The number of pyridine rings is 1. The molecule has 1 unspecified atom stereocenters. The molecule has 0 aliphatic carbocycles. The van der Waals surface area contributed by atoms with Crippen LogP contribution in [0.15, 0.2) is 18.3 Å². The van der Waals surface area contributed by atoms with Gasteiger partial charge in [-0.3, -0.25) is 9.78 Å². The molecule has 1 aromatic heterocycles. The Morgan fingerprint density at radius 2 is 2.44 bits per heavy atom. The predicted molar refractivity (Wildman–Crippen MR) is 63.4 cm³/mol. The van der Waals surface area contributed by atoms with Crippen molar-refractivity contribution in [1.82, 2.24) is 4.98 Å². The Kier molecular flexibility index (Phi) is 3.08. The van der Waals surface area contributed by atoms with E-state index in [9.17, 15) is 4.79 Å². The van der Waals surface area contributed by atoms with Crippen molar-refractivity contribution in [3.8, 4) is 0 Å². The van der Waals surface area contributed by atoms with Crippen molar-refractivity contribution in [2.24, 2.45) is 11.7 Å². The Morgan fingerprint density at radius 3 is 3.12 bits per heavy atom. The van der Waals surface area contributed by atoms with Gasteiger partial charge in [-0.1, -0.05) is 6.92 Å². The minimum absolute atomic E-state index is 0.343. The van der Waals surface area contributed by atoms with Crippen LogP contribution in [0.5, 0.6) is 0 Å². The van der Waals surface area contributed by atoms with Gasteiger partial charge in [0.15, 0.2) is 0 Å². The Labute approximate surface area is 95.5 Å². The first-order valence-electron chi connectivity index (χ1n) is 5.67. The second-order valence-corrected chi connectivity index (χ2v) is 4.46. The number of carbonyl (C=O) groups is 1. The predicted octanol–water partition coefficient (Wildman–Crippen LogP) is 1.42. The third-order valence-corrected chi connectivity index (χ3v) is 3.02. The molecule has 1 amide bonds. The van der Waals surface area contributed by atoms with Gasteiger partial charge in [0.1, 0.15) is 5.69 Å². The second-order valence-electron chi connectivity index (χ2n) is 4.46. The number of nitrogens with zero attached hydrogens (tertiary/aromatic N) is 2. The van der Waals surface area contributed by atoms with Crippen LogP contribution in [0.1, 0.15) is 30.3 Å². The summed E-state index contributed by atoms with van der Waals surface area (Å²) < 4.78 is 0. The van der Waals surface area contributed by atoms with Crippen molar-refractivity contribution in [3.05, 3.63) is 24.0 Å². The largest absolute Gasteiger partial charge is 0.371 e. The Bertz CT molecular complexity index is 392. The van der Waals surface area contributed by atoms with Gasteiger partial charge in [0, 0.05) is 25.0 Å². The van der Waals surface area contributed by atoms with Crippen LogP contribution in [-0.2, 0) is 0 Å². The number of hydrogen-bond donors (Lipinski definition) is 1. The number of rotatable bonds is 2. The fraction of sp³-hybridized carbons (Fsp3) is 0.500. The van der Waals surface area contributed by atoms with E-state index in [0.717, 1.165) is 18.8 Å². The molecule has 2 N–H and O–H groups in total. The fourth-order valence-corrected chi connectivity index (χ4v) is 2.17. The Balaban J connectivity index is 2.19. The van der Waals surface area contributed by atoms with E-state index in [1.54, 1.807) is 12.3 Å². The highest BCUT2D eigenvalue weighted by Gasteiger charge is 2.17. The highest BCUT2D eigenvalue weighted by molar-refractivity contribution is 5.91. The van der Waals surface area contributed by atoms with Crippen LogP contribution in [0.2, 0.25) is 0 Å². The van der Waals surface area contributed by atoms with Gasteiger partial charge in [0.2, 0.25) is 0 Å². The zero-order chi connectivity index (χ0) is 11.5. The topological polar surface area (TPSA) is 59.2 Å². The van der Waals surface area contributed by atoms with Gasteiger partial charge >= 0.3 is 0 Å². The number of anilines is 1. The van der Waals surface area contributed by atoms with E-state index in [2.05, 4.69) is 16.8 Å². The molecule has 0 saturated carbocycles. The summed E-state index contributed by atoms with van der Waals surface area (Å²) in [6, 6.07) is 3.71. The maximum atomic E-state index is 11.0. The van der Waals surface area contributed by atoms with Crippen molar-refractivity contribution < 1.29 is 4.79 Å². The quantitative estimate of drug-likeness (QED) is 0.818. The van der Waals surface area contributed by atoms with Crippen LogP contribution in [-0.4, -0.2) is 24.0 Å². The third-order valence-electron chi connectivity index (χ3n) is 3.02. The van der Waals surface area contributed by atoms with Crippen LogP contribution in [0, 0.1) is 5.92 Å². The van der Waals surface area contributed by atoms with Crippen molar-refractivity contribution in [3.63, 3.8) is 0 Å². The molecule has 1 aliphatic rings. The van der Waals surface area contributed by atoms with Gasteiger partial charge in [0.25, 0.3) is 5.91 Å². The first-order chi connectivity index (χ1) is 7.66. The Hall–Kier alpha value is -1.58. The lowest BCUT2D eigenvalue weighted by molar-refractivity contribution is 0.0995. The number of nitrogens with two attached hydrogens (primary N) is 1. The molecule has 0 radical (unpaired) electrons. The molecule has 0 spiro atoms. The number of amides is 1. The van der Waals surface area contributed by atoms with Gasteiger partial charge in [0.05, 0.1) is 0 Å². The number of primary amides is 1. The average molecular weight is 219 g/mol.